The lowest BCUT2D eigenvalue weighted by atomic mass is 10.1. The number of benzene rings is 2. The van der Waals surface area contributed by atoms with Gasteiger partial charge in [0.15, 0.2) is 0 Å². The predicted molar refractivity (Wildman–Crippen MR) is 77.0 cm³/mol. The van der Waals surface area contributed by atoms with E-state index in [-0.39, 0.29) is 4.90 Å². The summed E-state index contributed by atoms with van der Waals surface area (Å²) in [5.74, 6) is -3.11. The van der Waals surface area contributed by atoms with Crippen LogP contribution >= 0.6 is 0 Å². The second kappa shape index (κ2) is 5.61. The molecule has 0 fully saturated rings. The van der Waals surface area contributed by atoms with E-state index < -0.39 is 37.8 Å². The third-order valence-electron chi connectivity index (χ3n) is 3.09. The van der Waals surface area contributed by atoms with Crippen LogP contribution in [0.1, 0.15) is 26.3 Å². The predicted octanol–water partition coefficient (Wildman–Crippen LogP) is 2.22. The maximum Gasteiger partial charge on any atom is 0.337 e. The summed E-state index contributed by atoms with van der Waals surface area (Å²) in [6, 6.07) is 9.21. The first kappa shape index (κ1) is 15.7. The number of sulfone groups is 1. The minimum atomic E-state index is -4.13. The Morgan fingerprint density at radius 2 is 1.50 bits per heavy atom. The molecule has 2 aromatic rings. The van der Waals surface area contributed by atoms with Crippen LogP contribution in [0.3, 0.4) is 0 Å². The highest BCUT2D eigenvalue weighted by atomic mass is 32.2. The van der Waals surface area contributed by atoms with Crippen LogP contribution in [0.25, 0.3) is 0 Å². The van der Waals surface area contributed by atoms with E-state index in [9.17, 15) is 23.1 Å². The number of aromatic carboxylic acids is 2. The molecule has 0 aliphatic heterocycles. The van der Waals surface area contributed by atoms with Gasteiger partial charge < -0.3 is 10.2 Å². The zero-order valence-electron chi connectivity index (χ0n) is 11.5. The fourth-order valence-corrected chi connectivity index (χ4v) is 3.47. The molecule has 0 radical (unpaired) electrons. The van der Waals surface area contributed by atoms with Crippen molar-refractivity contribution < 1.29 is 28.2 Å². The Balaban J connectivity index is 2.76. The number of hydrogen-bond donors (Lipinski definition) is 2. The number of carbonyl (C=O) groups is 2. The molecule has 0 aliphatic rings. The lowest BCUT2D eigenvalue weighted by molar-refractivity contribution is 0.0648. The lowest BCUT2D eigenvalue weighted by Crippen LogP contribution is -2.15. The van der Waals surface area contributed by atoms with Gasteiger partial charge in [-0.1, -0.05) is 23.8 Å². The van der Waals surface area contributed by atoms with Crippen LogP contribution in [-0.2, 0) is 9.84 Å². The number of hydrogen-bond acceptors (Lipinski definition) is 4. The average molecular weight is 320 g/mol. The molecule has 0 bridgehead atoms. The summed E-state index contributed by atoms with van der Waals surface area (Å²) in [6.07, 6.45) is 0. The molecule has 7 heteroatoms. The van der Waals surface area contributed by atoms with Crippen LogP contribution in [0.2, 0.25) is 0 Å². The third kappa shape index (κ3) is 2.71. The average Bonchev–Trinajstić information content (AvgIpc) is 2.46. The second-order valence-electron chi connectivity index (χ2n) is 4.61. The molecule has 22 heavy (non-hydrogen) atoms. The Labute approximate surface area is 126 Å². The third-order valence-corrected chi connectivity index (χ3v) is 4.90. The van der Waals surface area contributed by atoms with Crippen molar-refractivity contribution in [3.05, 3.63) is 59.2 Å². The van der Waals surface area contributed by atoms with E-state index in [0.717, 1.165) is 17.7 Å². The van der Waals surface area contributed by atoms with E-state index in [1.165, 1.54) is 18.2 Å². The van der Waals surface area contributed by atoms with Gasteiger partial charge in [-0.2, -0.15) is 0 Å². The molecule has 0 aromatic heterocycles. The summed E-state index contributed by atoms with van der Waals surface area (Å²) in [5, 5.41) is 18.3. The van der Waals surface area contributed by atoms with Gasteiger partial charge in [-0.05, 0) is 31.2 Å². The highest BCUT2D eigenvalue weighted by Crippen LogP contribution is 2.27. The molecule has 2 aromatic carbocycles. The zero-order chi connectivity index (χ0) is 16.5. The maximum absolute atomic E-state index is 12.6. The molecule has 0 atom stereocenters. The smallest absolute Gasteiger partial charge is 0.337 e. The molecule has 0 saturated carbocycles. The van der Waals surface area contributed by atoms with Gasteiger partial charge in [0, 0.05) is 0 Å². The normalized spacial score (nSPS) is 11.1. The minimum absolute atomic E-state index is 0.0943. The largest absolute Gasteiger partial charge is 0.478 e. The van der Waals surface area contributed by atoms with Crippen LogP contribution < -0.4 is 0 Å². The van der Waals surface area contributed by atoms with E-state index in [1.807, 2.05) is 0 Å². The van der Waals surface area contributed by atoms with Crippen molar-refractivity contribution in [1.29, 1.82) is 0 Å². The van der Waals surface area contributed by atoms with Crippen LogP contribution in [0.4, 0.5) is 0 Å². The summed E-state index contributed by atoms with van der Waals surface area (Å²) < 4.78 is 25.2. The van der Waals surface area contributed by atoms with E-state index in [2.05, 4.69) is 0 Å². The molecule has 0 amide bonds. The van der Waals surface area contributed by atoms with Gasteiger partial charge in [-0.15, -0.1) is 0 Å². The van der Waals surface area contributed by atoms with Gasteiger partial charge in [0.1, 0.15) is 0 Å². The molecular weight excluding hydrogens is 308 g/mol. The molecule has 6 nitrogen and oxygen atoms in total. The Kier molecular flexibility index (Phi) is 4.01. The monoisotopic (exact) mass is 320 g/mol. The van der Waals surface area contributed by atoms with Gasteiger partial charge in [0.25, 0.3) is 0 Å². The van der Waals surface area contributed by atoms with Gasteiger partial charge in [0.2, 0.25) is 9.84 Å². The van der Waals surface area contributed by atoms with E-state index in [0.29, 0.717) is 0 Å². The van der Waals surface area contributed by atoms with Gasteiger partial charge in [0.05, 0.1) is 20.9 Å². The molecule has 2 rings (SSSR count). The molecule has 0 unspecified atom stereocenters. The number of carboxylic acid groups (broad SMARTS) is 2. The SMILES string of the molecule is Cc1ccc(S(=O)(=O)c2cccc(C(=O)O)c2C(=O)O)cc1. The maximum atomic E-state index is 12.6. The van der Waals surface area contributed by atoms with Crippen LogP contribution in [0, 0.1) is 6.92 Å². The van der Waals surface area contributed by atoms with Crippen LogP contribution in [0.5, 0.6) is 0 Å². The van der Waals surface area contributed by atoms with E-state index in [1.54, 1.807) is 19.1 Å². The highest BCUT2D eigenvalue weighted by molar-refractivity contribution is 7.91. The number of aryl methyl sites for hydroxylation is 1. The van der Waals surface area contributed by atoms with Crippen LogP contribution in [0.15, 0.2) is 52.3 Å². The first-order valence-corrected chi connectivity index (χ1v) is 7.65. The Bertz CT molecular complexity index is 850. The van der Waals surface area contributed by atoms with Gasteiger partial charge in [-0.3, -0.25) is 0 Å². The molecule has 0 spiro atoms. The molecule has 0 heterocycles. The Hall–Kier alpha value is -2.67. The van der Waals surface area contributed by atoms with Crippen molar-refractivity contribution in [2.45, 2.75) is 16.7 Å². The molecular formula is C15H12O6S. The van der Waals surface area contributed by atoms with E-state index >= 15 is 0 Å². The quantitative estimate of drug-likeness (QED) is 0.894. The van der Waals surface area contributed by atoms with Crippen molar-refractivity contribution in [3.8, 4) is 0 Å². The fraction of sp³-hybridized carbons (Fsp3) is 0.0667. The molecule has 114 valence electrons. The summed E-state index contributed by atoms with van der Waals surface area (Å²) in [5.41, 5.74) is -0.465. The standard InChI is InChI=1S/C15H12O6S/c1-9-5-7-10(8-6-9)22(20,21)12-4-2-3-11(14(16)17)13(12)15(18)19/h2-8H,1H3,(H,16,17)(H,18,19). The van der Waals surface area contributed by atoms with Crippen molar-refractivity contribution in [2.75, 3.05) is 0 Å². The molecule has 0 aliphatic carbocycles. The Morgan fingerprint density at radius 1 is 0.909 bits per heavy atom. The summed E-state index contributed by atoms with van der Waals surface area (Å²) in [7, 11) is -4.13. The minimum Gasteiger partial charge on any atom is -0.478 e. The molecule has 0 saturated heterocycles. The summed E-state index contributed by atoms with van der Waals surface area (Å²) in [6.45, 7) is 1.78. The van der Waals surface area contributed by atoms with Gasteiger partial charge >= 0.3 is 11.9 Å². The van der Waals surface area contributed by atoms with Gasteiger partial charge in [-0.25, -0.2) is 18.0 Å². The summed E-state index contributed by atoms with van der Waals surface area (Å²) in [4.78, 5) is 21.8. The summed E-state index contributed by atoms with van der Waals surface area (Å²) >= 11 is 0. The van der Waals surface area contributed by atoms with Crippen molar-refractivity contribution in [3.63, 3.8) is 0 Å². The number of carboxylic acids is 2. The topological polar surface area (TPSA) is 109 Å². The molecule has 2 N–H and O–H groups in total. The van der Waals surface area contributed by atoms with Crippen molar-refractivity contribution in [1.82, 2.24) is 0 Å². The second-order valence-corrected chi connectivity index (χ2v) is 6.52. The van der Waals surface area contributed by atoms with Crippen molar-refractivity contribution in [2.24, 2.45) is 0 Å². The van der Waals surface area contributed by atoms with Crippen LogP contribution in [-0.4, -0.2) is 30.6 Å². The van der Waals surface area contributed by atoms with Crippen molar-refractivity contribution >= 4 is 21.8 Å². The first-order chi connectivity index (χ1) is 10.2. The number of rotatable bonds is 4. The Morgan fingerprint density at radius 3 is 2.00 bits per heavy atom. The first-order valence-electron chi connectivity index (χ1n) is 6.16. The zero-order valence-corrected chi connectivity index (χ0v) is 12.3. The fourth-order valence-electron chi connectivity index (χ4n) is 2.00. The van der Waals surface area contributed by atoms with E-state index in [4.69, 9.17) is 5.11 Å². The lowest BCUT2D eigenvalue weighted by Gasteiger charge is -2.10. The highest BCUT2D eigenvalue weighted by Gasteiger charge is 2.28.